The molecule has 7 heteroatoms. The van der Waals surface area contributed by atoms with Crippen molar-refractivity contribution in [2.75, 3.05) is 26.9 Å². The summed E-state index contributed by atoms with van der Waals surface area (Å²) in [6.07, 6.45) is 3.02. The minimum absolute atomic E-state index is 0.0274. The number of aryl methyl sites for hydroxylation is 2. The van der Waals surface area contributed by atoms with Crippen molar-refractivity contribution in [1.29, 1.82) is 0 Å². The molecule has 2 amide bonds. The van der Waals surface area contributed by atoms with Gasteiger partial charge in [0.15, 0.2) is 5.16 Å². The number of carbonyl (C=O) groups is 2. The van der Waals surface area contributed by atoms with Crippen LogP contribution >= 0.6 is 11.8 Å². The average molecular weight is 415 g/mol. The van der Waals surface area contributed by atoms with Crippen molar-refractivity contribution in [2.45, 2.75) is 45.3 Å². The fourth-order valence-corrected chi connectivity index (χ4v) is 3.62. The van der Waals surface area contributed by atoms with Crippen LogP contribution in [0.5, 0.6) is 0 Å². The standard InChI is InChI=1S/C22H30N4O2S/c1-7-26(14-17-8-10-18(11-9-17)21(28)25(4)5)20(27)13-12-19-15(2)23-22(29-6)24-16(19)3/h8-11H,7,12-14H2,1-6H3. The molecule has 0 atom stereocenters. The molecule has 0 aliphatic rings. The highest BCUT2D eigenvalue weighted by Gasteiger charge is 2.16. The largest absolute Gasteiger partial charge is 0.345 e. The van der Waals surface area contributed by atoms with Gasteiger partial charge in [0, 0.05) is 50.6 Å². The fourth-order valence-electron chi connectivity index (χ4n) is 3.16. The second-order valence-corrected chi connectivity index (χ2v) is 7.94. The van der Waals surface area contributed by atoms with Crippen LogP contribution in [0.25, 0.3) is 0 Å². The second-order valence-electron chi connectivity index (χ2n) is 7.16. The molecule has 0 radical (unpaired) electrons. The van der Waals surface area contributed by atoms with E-state index in [0.29, 0.717) is 31.5 Å². The normalized spacial score (nSPS) is 10.7. The Hall–Kier alpha value is -2.41. The highest BCUT2D eigenvalue weighted by atomic mass is 32.2. The van der Waals surface area contributed by atoms with Gasteiger partial charge >= 0.3 is 0 Å². The lowest BCUT2D eigenvalue weighted by Gasteiger charge is -2.22. The lowest BCUT2D eigenvalue weighted by molar-refractivity contribution is -0.131. The molecule has 0 N–H and O–H groups in total. The summed E-state index contributed by atoms with van der Waals surface area (Å²) in [5, 5.41) is 0.765. The number of aromatic nitrogens is 2. The average Bonchev–Trinajstić information content (AvgIpc) is 2.70. The maximum atomic E-state index is 12.8. The van der Waals surface area contributed by atoms with Crippen LogP contribution in [0.1, 0.15) is 46.2 Å². The molecule has 1 heterocycles. The first-order valence-electron chi connectivity index (χ1n) is 9.73. The lowest BCUT2D eigenvalue weighted by atomic mass is 10.1. The molecule has 1 aromatic carbocycles. The van der Waals surface area contributed by atoms with Gasteiger partial charge in [-0.3, -0.25) is 9.59 Å². The number of rotatable bonds is 8. The van der Waals surface area contributed by atoms with Gasteiger partial charge in [-0.2, -0.15) is 0 Å². The van der Waals surface area contributed by atoms with E-state index < -0.39 is 0 Å². The first-order valence-corrected chi connectivity index (χ1v) is 11.0. The van der Waals surface area contributed by atoms with Gasteiger partial charge in [0.2, 0.25) is 5.91 Å². The van der Waals surface area contributed by atoms with Gasteiger partial charge in [0.25, 0.3) is 5.91 Å². The summed E-state index contributed by atoms with van der Waals surface area (Å²) >= 11 is 1.52. The minimum atomic E-state index is -0.0274. The molecule has 0 saturated carbocycles. The molecule has 0 aliphatic heterocycles. The second kappa shape index (κ2) is 10.4. The molecular formula is C22H30N4O2S. The monoisotopic (exact) mass is 414 g/mol. The van der Waals surface area contributed by atoms with Crippen LogP contribution in [0.3, 0.4) is 0 Å². The molecule has 2 aromatic rings. The van der Waals surface area contributed by atoms with Crippen molar-refractivity contribution < 1.29 is 9.59 Å². The van der Waals surface area contributed by atoms with Crippen LogP contribution in [0, 0.1) is 13.8 Å². The van der Waals surface area contributed by atoms with Crippen molar-refractivity contribution in [3.05, 3.63) is 52.3 Å². The van der Waals surface area contributed by atoms with Crippen LogP contribution in [0.15, 0.2) is 29.4 Å². The Morgan fingerprint density at radius 1 is 1.03 bits per heavy atom. The Balaban J connectivity index is 2.01. The Bertz CT molecular complexity index is 843. The van der Waals surface area contributed by atoms with Gasteiger partial charge in [-0.1, -0.05) is 23.9 Å². The van der Waals surface area contributed by atoms with E-state index in [1.165, 1.54) is 11.8 Å². The van der Waals surface area contributed by atoms with Crippen LogP contribution < -0.4 is 0 Å². The molecule has 6 nitrogen and oxygen atoms in total. The van der Waals surface area contributed by atoms with E-state index >= 15 is 0 Å². The quantitative estimate of drug-likeness (QED) is 0.489. The highest BCUT2D eigenvalue weighted by Crippen LogP contribution is 2.18. The maximum absolute atomic E-state index is 12.8. The number of hydrogen-bond acceptors (Lipinski definition) is 5. The SMILES string of the molecule is CCN(Cc1ccc(C(=O)N(C)C)cc1)C(=O)CCc1c(C)nc(SC)nc1C. The zero-order chi connectivity index (χ0) is 21.6. The first kappa shape index (κ1) is 22.9. The van der Waals surface area contributed by atoms with Crippen molar-refractivity contribution in [1.82, 2.24) is 19.8 Å². The van der Waals surface area contributed by atoms with E-state index in [9.17, 15) is 9.59 Å². The molecule has 0 spiro atoms. The summed E-state index contributed by atoms with van der Waals surface area (Å²) in [7, 11) is 3.47. The van der Waals surface area contributed by atoms with E-state index in [1.54, 1.807) is 19.0 Å². The smallest absolute Gasteiger partial charge is 0.253 e. The third kappa shape index (κ3) is 6.03. The first-order chi connectivity index (χ1) is 13.8. The van der Waals surface area contributed by atoms with Crippen LogP contribution in [0.2, 0.25) is 0 Å². The Morgan fingerprint density at radius 3 is 2.10 bits per heavy atom. The molecule has 156 valence electrons. The van der Waals surface area contributed by atoms with Crippen molar-refractivity contribution >= 4 is 23.6 Å². The topological polar surface area (TPSA) is 66.4 Å². The molecule has 0 fully saturated rings. The number of thioether (sulfide) groups is 1. The molecule has 2 rings (SSSR count). The van der Waals surface area contributed by atoms with E-state index in [0.717, 1.165) is 27.7 Å². The van der Waals surface area contributed by atoms with E-state index in [4.69, 9.17) is 0 Å². The number of amides is 2. The van der Waals surface area contributed by atoms with Crippen molar-refractivity contribution in [3.8, 4) is 0 Å². The van der Waals surface area contributed by atoms with E-state index in [2.05, 4.69) is 9.97 Å². The highest BCUT2D eigenvalue weighted by molar-refractivity contribution is 7.98. The minimum Gasteiger partial charge on any atom is -0.345 e. The maximum Gasteiger partial charge on any atom is 0.253 e. The molecule has 0 bridgehead atoms. The summed E-state index contributed by atoms with van der Waals surface area (Å²) in [5.74, 6) is 0.0779. The summed E-state index contributed by atoms with van der Waals surface area (Å²) in [6, 6.07) is 7.45. The van der Waals surface area contributed by atoms with Gasteiger partial charge in [-0.25, -0.2) is 9.97 Å². The number of nitrogens with zero attached hydrogens (tertiary/aromatic N) is 4. The van der Waals surface area contributed by atoms with Gasteiger partial charge in [0.05, 0.1) is 0 Å². The van der Waals surface area contributed by atoms with Gasteiger partial charge < -0.3 is 9.80 Å². The third-order valence-corrected chi connectivity index (χ3v) is 5.43. The van der Waals surface area contributed by atoms with Crippen LogP contribution in [0.4, 0.5) is 0 Å². The predicted octanol–water partition coefficient (Wildman–Crippen LogP) is 3.50. The van der Waals surface area contributed by atoms with Gasteiger partial charge in [-0.15, -0.1) is 0 Å². The van der Waals surface area contributed by atoms with Crippen LogP contribution in [-0.4, -0.2) is 58.5 Å². The summed E-state index contributed by atoms with van der Waals surface area (Å²) in [4.78, 5) is 37.2. The zero-order valence-electron chi connectivity index (χ0n) is 18.2. The Labute approximate surface area is 177 Å². The molecule has 0 aliphatic carbocycles. The number of benzene rings is 1. The molecule has 29 heavy (non-hydrogen) atoms. The predicted molar refractivity (Wildman–Crippen MR) is 117 cm³/mol. The number of carbonyl (C=O) groups excluding carboxylic acids is 2. The molecule has 0 unspecified atom stereocenters. The Kier molecular flexibility index (Phi) is 8.20. The van der Waals surface area contributed by atoms with E-state index in [1.807, 2.05) is 56.2 Å². The summed E-state index contributed by atoms with van der Waals surface area (Å²) in [6.45, 7) is 7.10. The fraction of sp³-hybridized carbons (Fsp3) is 0.455. The molecular weight excluding hydrogens is 384 g/mol. The molecule has 0 saturated heterocycles. The van der Waals surface area contributed by atoms with Gasteiger partial charge in [0.1, 0.15) is 0 Å². The van der Waals surface area contributed by atoms with Crippen molar-refractivity contribution in [3.63, 3.8) is 0 Å². The summed E-state index contributed by atoms with van der Waals surface area (Å²) < 4.78 is 0. The number of hydrogen-bond donors (Lipinski definition) is 0. The van der Waals surface area contributed by atoms with E-state index in [-0.39, 0.29) is 11.8 Å². The third-order valence-electron chi connectivity index (χ3n) is 4.89. The summed E-state index contributed by atoms with van der Waals surface area (Å²) in [5.41, 5.74) is 4.60. The van der Waals surface area contributed by atoms with Gasteiger partial charge in [-0.05, 0) is 56.7 Å². The lowest BCUT2D eigenvalue weighted by Crippen LogP contribution is -2.30. The Morgan fingerprint density at radius 2 is 1.62 bits per heavy atom. The van der Waals surface area contributed by atoms with Crippen LogP contribution in [-0.2, 0) is 17.8 Å². The molecule has 1 aromatic heterocycles. The van der Waals surface area contributed by atoms with Crippen molar-refractivity contribution in [2.24, 2.45) is 0 Å². The zero-order valence-corrected chi connectivity index (χ0v) is 19.0.